The lowest BCUT2D eigenvalue weighted by Gasteiger charge is -2.21. The number of hydrogen-bond donors (Lipinski definition) is 2. The Kier molecular flexibility index (Phi) is 4.51. The maximum absolute atomic E-state index is 11.4. The molecule has 0 aromatic heterocycles. The van der Waals surface area contributed by atoms with Crippen LogP contribution in [0.25, 0.3) is 0 Å². The Hall–Kier alpha value is -1.73. The molecule has 0 saturated carbocycles. The Morgan fingerprint density at radius 2 is 2.30 bits per heavy atom. The van der Waals surface area contributed by atoms with Crippen LogP contribution in [0.4, 0.5) is 5.69 Å². The van der Waals surface area contributed by atoms with Crippen molar-refractivity contribution in [2.24, 2.45) is 5.14 Å². The van der Waals surface area contributed by atoms with Gasteiger partial charge in [-0.15, -0.1) is 0 Å². The van der Waals surface area contributed by atoms with Crippen molar-refractivity contribution in [3.63, 3.8) is 0 Å². The van der Waals surface area contributed by atoms with Crippen LogP contribution in [0.3, 0.4) is 0 Å². The van der Waals surface area contributed by atoms with Crippen molar-refractivity contribution in [2.45, 2.75) is 23.8 Å². The summed E-state index contributed by atoms with van der Waals surface area (Å²) < 4.78 is 33.4. The van der Waals surface area contributed by atoms with Crippen molar-refractivity contribution < 1.29 is 17.9 Å². The minimum absolute atomic E-state index is 0.0465. The van der Waals surface area contributed by atoms with E-state index in [4.69, 9.17) is 14.6 Å². The summed E-state index contributed by atoms with van der Waals surface area (Å²) in [6.45, 7) is 0.564. The second-order valence-electron chi connectivity index (χ2n) is 4.50. The summed E-state index contributed by atoms with van der Waals surface area (Å²) in [5, 5.41) is 8.27. The lowest BCUT2D eigenvalue weighted by molar-refractivity contribution is 0.135. The Labute approximate surface area is 118 Å². The highest BCUT2D eigenvalue weighted by Crippen LogP contribution is 2.27. The third-order valence-corrected chi connectivity index (χ3v) is 3.95. The van der Waals surface area contributed by atoms with Crippen molar-refractivity contribution in [3.8, 4) is 5.75 Å². The molecule has 7 heteroatoms. The molecule has 1 unspecified atom stereocenters. The fourth-order valence-electron chi connectivity index (χ4n) is 1.96. The van der Waals surface area contributed by atoms with E-state index in [0.29, 0.717) is 18.0 Å². The van der Waals surface area contributed by atoms with Crippen molar-refractivity contribution >= 4 is 15.7 Å². The van der Waals surface area contributed by atoms with Crippen LogP contribution in [0.5, 0.6) is 5.75 Å². The Morgan fingerprint density at radius 3 is 2.90 bits per heavy atom. The summed E-state index contributed by atoms with van der Waals surface area (Å²) in [5.41, 5.74) is 0.581. The third kappa shape index (κ3) is 3.64. The van der Waals surface area contributed by atoms with Gasteiger partial charge in [0.05, 0.1) is 30.5 Å². The fourth-order valence-corrected chi connectivity index (χ4v) is 2.50. The number of anilines is 1. The molecule has 0 spiro atoms. The van der Waals surface area contributed by atoms with E-state index < -0.39 is 10.0 Å². The van der Waals surface area contributed by atoms with Crippen molar-refractivity contribution in [2.75, 3.05) is 19.0 Å². The highest BCUT2D eigenvalue weighted by atomic mass is 32.2. The minimum Gasteiger partial charge on any atom is -0.497 e. The summed E-state index contributed by atoms with van der Waals surface area (Å²) in [4.78, 5) is 0.0465. The molecule has 2 rings (SSSR count). The fraction of sp³-hybridized carbons (Fsp3) is 0.385. The maximum atomic E-state index is 11.4. The van der Waals surface area contributed by atoms with E-state index in [0.717, 1.165) is 12.8 Å². The van der Waals surface area contributed by atoms with Crippen LogP contribution in [0.15, 0.2) is 35.4 Å². The molecule has 110 valence electrons. The van der Waals surface area contributed by atoms with E-state index in [1.165, 1.54) is 19.2 Å². The van der Waals surface area contributed by atoms with Crippen LogP contribution in [-0.2, 0) is 14.8 Å². The summed E-state index contributed by atoms with van der Waals surface area (Å²) >= 11 is 0. The predicted molar refractivity (Wildman–Crippen MR) is 76.1 cm³/mol. The van der Waals surface area contributed by atoms with Gasteiger partial charge < -0.3 is 14.8 Å². The molecule has 0 aliphatic carbocycles. The highest BCUT2D eigenvalue weighted by Gasteiger charge is 2.15. The van der Waals surface area contributed by atoms with Crippen LogP contribution in [-0.4, -0.2) is 28.2 Å². The molecule has 1 atom stereocenters. The van der Waals surface area contributed by atoms with E-state index in [9.17, 15) is 8.42 Å². The Morgan fingerprint density at radius 1 is 1.50 bits per heavy atom. The zero-order chi connectivity index (χ0) is 14.6. The van der Waals surface area contributed by atoms with E-state index in [1.54, 1.807) is 12.3 Å². The summed E-state index contributed by atoms with van der Waals surface area (Å²) in [6, 6.07) is 4.45. The van der Waals surface area contributed by atoms with Gasteiger partial charge in [-0.3, -0.25) is 0 Å². The standard InChI is InChI=1S/C13H18N2O4S/c1-18-13-6-5-11(20(14,16)17)8-12(13)15-9-10-4-2-3-7-19-10/h3,5-8,10,15H,2,4,9H2,1H3,(H2,14,16,17). The van der Waals surface area contributed by atoms with Gasteiger partial charge >= 0.3 is 0 Å². The lowest BCUT2D eigenvalue weighted by atomic mass is 10.1. The smallest absolute Gasteiger partial charge is 0.238 e. The zero-order valence-electron chi connectivity index (χ0n) is 11.2. The van der Waals surface area contributed by atoms with E-state index >= 15 is 0 Å². The molecule has 1 aromatic rings. The second kappa shape index (κ2) is 6.15. The molecule has 3 N–H and O–H groups in total. The molecule has 0 fully saturated rings. The molecule has 6 nitrogen and oxygen atoms in total. The molecule has 0 amide bonds. The van der Waals surface area contributed by atoms with Gasteiger partial charge in [0.25, 0.3) is 0 Å². The first-order chi connectivity index (χ1) is 9.50. The molecule has 1 aromatic carbocycles. The lowest BCUT2D eigenvalue weighted by Crippen LogP contribution is -2.23. The normalized spacial score (nSPS) is 18.4. The van der Waals surface area contributed by atoms with E-state index in [2.05, 4.69) is 5.32 Å². The molecule has 1 aliphatic rings. The van der Waals surface area contributed by atoms with Gasteiger partial charge in [-0.2, -0.15) is 0 Å². The summed E-state index contributed by atoms with van der Waals surface area (Å²) in [7, 11) is -2.21. The quantitative estimate of drug-likeness (QED) is 0.858. The second-order valence-corrected chi connectivity index (χ2v) is 6.06. The summed E-state index contributed by atoms with van der Waals surface area (Å²) in [6.07, 6.45) is 5.61. The Balaban J connectivity index is 2.14. The number of ether oxygens (including phenoxy) is 2. The molecule has 0 saturated heterocycles. The van der Waals surface area contributed by atoms with Gasteiger partial charge in [0, 0.05) is 0 Å². The number of benzene rings is 1. The first-order valence-electron chi connectivity index (χ1n) is 6.26. The number of nitrogens with two attached hydrogens (primary N) is 1. The average molecular weight is 298 g/mol. The van der Waals surface area contributed by atoms with Gasteiger partial charge in [0.1, 0.15) is 11.9 Å². The van der Waals surface area contributed by atoms with E-state index in [1.807, 2.05) is 6.08 Å². The summed E-state index contributed by atoms with van der Waals surface area (Å²) in [5.74, 6) is 0.559. The third-order valence-electron chi connectivity index (χ3n) is 3.04. The molecular formula is C13H18N2O4S. The number of nitrogens with one attached hydrogen (secondary N) is 1. The topological polar surface area (TPSA) is 90.7 Å². The van der Waals surface area contributed by atoms with Gasteiger partial charge in [0.2, 0.25) is 10.0 Å². The maximum Gasteiger partial charge on any atom is 0.238 e. The van der Waals surface area contributed by atoms with E-state index in [-0.39, 0.29) is 11.0 Å². The molecule has 0 radical (unpaired) electrons. The van der Waals surface area contributed by atoms with Crippen LogP contribution in [0.2, 0.25) is 0 Å². The highest BCUT2D eigenvalue weighted by molar-refractivity contribution is 7.89. The number of primary sulfonamides is 1. The minimum atomic E-state index is -3.73. The zero-order valence-corrected chi connectivity index (χ0v) is 12.0. The number of allylic oxidation sites excluding steroid dienone is 1. The monoisotopic (exact) mass is 298 g/mol. The van der Waals surface area contributed by atoms with Crippen LogP contribution in [0.1, 0.15) is 12.8 Å². The average Bonchev–Trinajstić information content (AvgIpc) is 2.45. The largest absolute Gasteiger partial charge is 0.497 e. The molecule has 20 heavy (non-hydrogen) atoms. The van der Waals surface area contributed by atoms with Gasteiger partial charge in [0.15, 0.2) is 0 Å². The first kappa shape index (κ1) is 14.7. The van der Waals surface area contributed by atoms with Crippen LogP contribution >= 0.6 is 0 Å². The molecular weight excluding hydrogens is 280 g/mol. The SMILES string of the molecule is COc1ccc(S(N)(=O)=O)cc1NCC1CCC=CO1. The molecule has 1 heterocycles. The number of hydrogen-bond acceptors (Lipinski definition) is 5. The van der Waals surface area contributed by atoms with Crippen LogP contribution in [0, 0.1) is 0 Å². The Bertz CT molecular complexity index is 598. The van der Waals surface area contributed by atoms with Gasteiger partial charge in [-0.25, -0.2) is 13.6 Å². The number of rotatable bonds is 5. The number of methoxy groups -OCH3 is 1. The first-order valence-corrected chi connectivity index (χ1v) is 7.80. The van der Waals surface area contributed by atoms with Gasteiger partial charge in [-0.05, 0) is 37.1 Å². The molecule has 0 bridgehead atoms. The van der Waals surface area contributed by atoms with Crippen molar-refractivity contribution in [1.82, 2.24) is 0 Å². The van der Waals surface area contributed by atoms with Crippen LogP contribution < -0.4 is 15.2 Å². The molecule has 1 aliphatic heterocycles. The van der Waals surface area contributed by atoms with Crippen molar-refractivity contribution in [1.29, 1.82) is 0 Å². The van der Waals surface area contributed by atoms with Gasteiger partial charge in [-0.1, -0.05) is 0 Å². The van der Waals surface area contributed by atoms with Crippen molar-refractivity contribution in [3.05, 3.63) is 30.5 Å². The predicted octanol–water partition coefficient (Wildman–Crippen LogP) is 1.45. The number of sulfonamides is 1.